The van der Waals surface area contributed by atoms with Crippen LogP contribution in [0, 0.1) is 6.92 Å². The normalized spacial score (nSPS) is 13.5. The van der Waals surface area contributed by atoms with Crippen molar-refractivity contribution in [2.75, 3.05) is 0 Å². The molecule has 9 heteroatoms. The Morgan fingerprint density at radius 2 is 1.85 bits per heavy atom. The third kappa shape index (κ3) is 4.08. The fourth-order valence-electron chi connectivity index (χ4n) is 3.70. The summed E-state index contributed by atoms with van der Waals surface area (Å²) >= 11 is 14.0. The number of halogens is 2. The summed E-state index contributed by atoms with van der Waals surface area (Å²) < 4.78 is 7.76. The molecular weight excluding hydrogens is 479 g/mol. The quantitative estimate of drug-likeness (QED) is 0.314. The summed E-state index contributed by atoms with van der Waals surface area (Å²) in [6, 6.07) is 16.3. The van der Waals surface area contributed by atoms with Crippen molar-refractivity contribution < 1.29 is 9.53 Å². The molecule has 0 fully saturated rings. The molecule has 4 aromatic rings. The molecule has 3 heterocycles. The number of nitrogens with zero attached hydrogens (tertiary/aromatic N) is 4. The Morgan fingerprint density at radius 3 is 2.61 bits per heavy atom. The minimum atomic E-state index is -0.474. The number of aryl methyl sites for hydroxylation is 1. The molecular formula is C24H18Cl2N4O2S. The predicted molar refractivity (Wildman–Crippen MR) is 130 cm³/mol. The highest BCUT2D eigenvalue weighted by molar-refractivity contribution is 7.15. The van der Waals surface area contributed by atoms with E-state index in [1.54, 1.807) is 24.3 Å². The summed E-state index contributed by atoms with van der Waals surface area (Å²) in [6.45, 7) is 4.15. The lowest BCUT2D eigenvalue weighted by Gasteiger charge is -2.12. The van der Waals surface area contributed by atoms with Crippen molar-refractivity contribution in [2.24, 2.45) is 4.99 Å². The van der Waals surface area contributed by atoms with Crippen LogP contribution in [0.2, 0.25) is 10.0 Å². The van der Waals surface area contributed by atoms with Gasteiger partial charge in [0.25, 0.3) is 0 Å². The summed E-state index contributed by atoms with van der Waals surface area (Å²) in [5, 5.41) is 10.6. The van der Waals surface area contributed by atoms with Crippen molar-refractivity contribution in [3.8, 4) is 5.00 Å². The molecule has 0 radical (unpaired) electrons. The number of carbonyl (C=O) groups excluding carboxylic acids is 1. The number of hydrogen-bond donors (Lipinski definition) is 0. The number of carbonyl (C=O) groups is 1. The molecule has 1 aliphatic heterocycles. The van der Waals surface area contributed by atoms with Crippen LogP contribution in [0.1, 0.15) is 51.0 Å². The van der Waals surface area contributed by atoms with Crippen LogP contribution in [0.15, 0.2) is 59.6 Å². The van der Waals surface area contributed by atoms with Crippen molar-refractivity contribution in [3.63, 3.8) is 0 Å². The van der Waals surface area contributed by atoms with Gasteiger partial charge in [0.15, 0.2) is 5.82 Å². The average Bonchev–Trinajstić information content (AvgIpc) is 3.35. The molecule has 6 nitrogen and oxygen atoms in total. The van der Waals surface area contributed by atoms with Gasteiger partial charge in [-0.25, -0.2) is 4.79 Å². The van der Waals surface area contributed by atoms with E-state index in [9.17, 15) is 4.79 Å². The number of aliphatic imine (C=N–C) groups is 1. The molecule has 0 saturated carbocycles. The largest absolute Gasteiger partial charge is 0.453 e. The molecule has 1 aliphatic rings. The number of ether oxygens (including phenoxy) is 1. The van der Waals surface area contributed by atoms with Crippen LogP contribution in [-0.4, -0.2) is 26.4 Å². The highest BCUT2D eigenvalue weighted by atomic mass is 35.5. The topological polar surface area (TPSA) is 69.4 Å². The second-order valence-corrected chi connectivity index (χ2v) is 9.47. The van der Waals surface area contributed by atoms with E-state index in [4.69, 9.17) is 32.9 Å². The number of esters is 1. The van der Waals surface area contributed by atoms with Gasteiger partial charge in [0, 0.05) is 26.0 Å². The Kier molecular flexibility index (Phi) is 5.78. The van der Waals surface area contributed by atoms with Gasteiger partial charge in [-0.3, -0.25) is 9.56 Å². The summed E-state index contributed by atoms with van der Waals surface area (Å²) in [5.41, 5.74) is 2.96. The van der Waals surface area contributed by atoms with Crippen LogP contribution >= 0.6 is 34.5 Å². The van der Waals surface area contributed by atoms with Gasteiger partial charge in [0.05, 0.1) is 11.3 Å². The molecule has 2 aromatic heterocycles. The number of hydrogen-bond acceptors (Lipinski definition) is 6. The van der Waals surface area contributed by atoms with Crippen molar-refractivity contribution in [2.45, 2.75) is 26.5 Å². The van der Waals surface area contributed by atoms with Crippen LogP contribution in [0.3, 0.4) is 0 Å². The zero-order valence-electron chi connectivity index (χ0n) is 17.8. The molecule has 0 N–H and O–H groups in total. The third-order valence-electron chi connectivity index (χ3n) is 5.35. The first-order valence-electron chi connectivity index (χ1n) is 10.2. The van der Waals surface area contributed by atoms with E-state index in [1.807, 2.05) is 48.7 Å². The predicted octanol–water partition coefficient (Wildman–Crippen LogP) is 6.21. The molecule has 33 heavy (non-hydrogen) atoms. The second kappa shape index (κ2) is 8.74. The molecule has 0 spiro atoms. The monoisotopic (exact) mass is 496 g/mol. The molecule has 0 bridgehead atoms. The van der Waals surface area contributed by atoms with Crippen molar-refractivity contribution in [3.05, 3.63) is 97.9 Å². The minimum absolute atomic E-state index is 0.388. The van der Waals surface area contributed by atoms with E-state index in [2.05, 4.69) is 10.2 Å². The lowest BCUT2D eigenvalue weighted by molar-refractivity contribution is 0.0345. The molecule has 166 valence electrons. The van der Waals surface area contributed by atoms with Crippen LogP contribution in [-0.2, 0) is 11.3 Å². The second-order valence-electron chi connectivity index (χ2n) is 7.57. The van der Waals surface area contributed by atoms with Gasteiger partial charge in [-0.2, -0.15) is 0 Å². The number of fused-ring (bicyclic) bond motifs is 3. The van der Waals surface area contributed by atoms with Gasteiger partial charge in [0.1, 0.15) is 23.5 Å². The highest BCUT2D eigenvalue weighted by Gasteiger charge is 2.27. The fourth-order valence-corrected chi connectivity index (χ4v) is 5.26. The number of rotatable bonds is 4. The molecule has 5 rings (SSSR count). The van der Waals surface area contributed by atoms with Gasteiger partial charge in [-0.05, 0) is 50.2 Å². The maximum absolute atomic E-state index is 12.7. The Labute approximate surface area is 204 Å². The highest BCUT2D eigenvalue weighted by Crippen LogP contribution is 2.37. The lowest BCUT2D eigenvalue weighted by atomic mass is 10.0. The first-order chi connectivity index (χ1) is 15.9. The Hall–Kier alpha value is -3.00. The Bertz CT molecular complexity index is 1390. The molecule has 2 aromatic carbocycles. The number of thiophene rings is 1. The summed E-state index contributed by atoms with van der Waals surface area (Å²) in [7, 11) is 0. The van der Waals surface area contributed by atoms with Crippen LogP contribution in [0.5, 0.6) is 0 Å². The van der Waals surface area contributed by atoms with E-state index in [0.29, 0.717) is 22.2 Å². The van der Waals surface area contributed by atoms with E-state index < -0.39 is 12.1 Å². The summed E-state index contributed by atoms with van der Waals surface area (Å²) in [6.07, 6.45) is -0.474. The van der Waals surface area contributed by atoms with Crippen molar-refractivity contribution in [1.82, 2.24) is 14.8 Å². The van der Waals surface area contributed by atoms with Gasteiger partial charge in [0.2, 0.25) is 0 Å². The van der Waals surface area contributed by atoms with Crippen LogP contribution in [0.25, 0.3) is 5.00 Å². The van der Waals surface area contributed by atoms with Gasteiger partial charge >= 0.3 is 5.97 Å². The summed E-state index contributed by atoms with van der Waals surface area (Å²) in [4.78, 5) is 18.4. The molecule has 0 saturated heterocycles. The Morgan fingerprint density at radius 1 is 1.09 bits per heavy atom. The molecule has 1 atom stereocenters. The minimum Gasteiger partial charge on any atom is -0.453 e. The smallest absolute Gasteiger partial charge is 0.338 e. The molecule has 0 amide bonds. The first kappa shape index (κ1) is 21.8. The zero-order chi connectivity index (χ0) is 23.1. The summed E-state index contributed by atoms with van der Waals surface area (Å²) in [5.74, 6) is 1.10. The van der Waals surface area contributed by atoms with Crippen LogP contribution < -0.4 is 0 Å². The van der Waals surface area contributed by atoms with E-state index in [-0.39, 0.29) is 0 Å². The van der Waals surface area contributed by atoms with Crippen molar-refractivity contribution >= 4 is 46.2 Å². The van der Waals surface area contributed by atoms with Crippen molar-refractivity contribution in [1.29, 1.82) is 0 Å². The van der Waals surface area contributed by atoms with Crippen LogP contribution in [0.4, 0.5) is 0 Å². The Balaban J connectivity index is 1.55. The number of aromatic nitrogens is 3. The third-order valence-corrected chi connectivity index (χ3v) is 7.22. The molecule has 1 unspecified atom stereocenters. The fraction of sp³-hybridized carbons (Fsp3) is 0.167. The maximum atomic E-state index is 12.7. The standard InChI is InChI=1S/C24H18Cl2N4O2S/c1-13(32-24(31)15-7-9-16(25)10-8-15)20-11-18-22(17-5-3-4-6-19(17)26)27-12-21-29-28-14(2)30(21)23(18)33-20/h3-11,13H,12H2,1-2H3. The average molecular weight is 497 g/mol. The van der Waals surface area contributed by atoms with Gasteiger partial charge in [-0.15, -0.1) is 21.5 Å². The molecule has 0 aliphatic carbocycles. The lowest BCUT2D eigenvalue weighted by Crippen LogP contribution is -2.08. The number of benzene rings is 2. The SMILES string of the molecule is Cc1nnc2n1-c1sc(C(C)OC(=O)c3ccc(Cl)cc3)cc1C(c1ccccc1Cl)=NC2. The van der Waals surface area contributed by atoms with E-state index >= 15 is 0 Å². The van der Waals surface area contributed by atoms with E-state index in [1.165, 1.54) is 11.3 Å². The van der Waals surface area contributed by atoms with Gasteiger partial charge in [-0.1, -0.05) is 41.4 Å². The first-order valence-corrected chi connectivity index (χ1v) is 11.8. The van der Waals surface area contributed by atoms with Gasteiger partial charge < -0.3 is 4.74 Å². The zero-order valence-corrected chi connectivity index (χ0v) is 20.1. The maximum Gasteiger partial charge on any atom is 0.338 e. The van der Waals surface area contributed by atoms with E-state index in [0.717, 1.165) is 38.4 Å².